The van der Waals surface area contributed by atoms with Crippen LogP contribution in [0.5, 0.6) is 0 Å². The zero-order valence-corrected chi connectivity index (χ0v) is 12.3. The second kappa shape index (κ2) is 5.92. The molecule has 1 saturated heterocycles. The molecule has 2 aromatic heterocycles. The van der Waals surface area contributed by atoms with Gasteiger partial charge < -0.3 is 15.0 Å². The molecule has 1 aliphatic rings. The standard InChI is InChI=1S/C13H20N6O2/c1-9-10(7-18(2)16-9)13-15-12(17-21-13)11(14)8-19-3-5-20-6-4-19/h7,11H,3-6,8,14H2,1-2H3. The first-order chi connectivity index (χ1) is 10.1. The topological polar surface area (TPSA) is 95.2 Å². The fourth-order valence-corrected chi connectivity index (χ4v) is 2.45. The van der Waals surface area contributed by atoms with Crippen LogP contribution in [0.15, 0.2) is 10.7 Å². The van der Waals surface area contributed by atoms with Gasteiger partial charge in [-0.05, 0) is 6.92 Å². The fraction of sp³-hybridized carbons (Fsp3) is 0.615. The number of aromatic nitrogens is 4. The second-order valence-electron chi connectivity index (χ2n) is 5.28. The lowest BCUT2D eigenvalue weighted by Gasteiger charge is -2.27. The van der Waals surface area contributed by atoms with E-state index in [2.05, 4.69) is 20.1 Å². The molecule has 1 fully saturated rings. The van der Waals surface area contributed by atoms with Crippen LogP contribution < -0.4 is 5.73 Å². The monoisotopic (exact) mass is 292 g/mol. The summed E-state index contributed by atoms with van der Waals surface area (Å²) in [4.78, 5) is 6.66. The van der Waals surface area contributed by atoms with Gasteiger partial charge in [0.15, 0.2) is 5.82 Å². The van der Waals surface area contributed by atoms with Crippen molar-refractivity contribution in [3.05, 3.63) is 17.7 Å². The van der Waals surface area contributed by atoms with Crippen LogP contribution in [0.3, 0.4) is 0 Å². The van der Waals surface area contributed by atoms with E-state index in [9.17, 15) is 0 Å². The summed E-state index contributed by atoms with van der Waals surface area (Å²) in [6, 6.07) is -0.266. The van der Waals surface area contributed by atoms with E-state index in [1.807, 2.05) is 20.2 Å². The predicted molar refractivity (Wildman–Crippen MR) is 75.4 cm³/mol. The van der Waals surface area contributed by atoms with E-state index in [0.717, 1.165) is 37.6 Å². The maximum atomic E-state index is 6.17. The van der Waals surface area contributed by atoms with Crippen molar-refractivity contribution in [3.63, 3.8) is 0 Å². The van der Waals surface area contributed by atoms with E-state index in [4.69, 9.17) is 15.0 Å². The van der Waals surface area contributed by atoms with Gasteiger partial charge in [0.25, 0.3) is 5.89 Å². The van der Waals surface area contributed by atoms with Crippen LogP contribution >= 0.6 is 0 Å². The van der Waals surface area contributed by atoms with E-state index < -0.39 is 0 Å². The lowest BCUT2D eigenvalue weighted by Crippen LogP contribution is -2.40. The first-order valence-electron chi connectivity index (χ1n) is 7.03. The molecule has 1 unspecified atom stereocenters. The lowest BCUT2D eigenvalue weighted by molar-refractivity contribution is 0.0348. The minimum absolute atomic E-state index is 0.266. The molecule has 0 amide bonds. The Balaban J connectivity index is 1.70. The first-order valence-corrected chi connectivity index (χ1v) is 7.03. The maximum Gasteiger partial charge on any atom is 0.261 e. The Bertz CT molecular complexity index is 602. The van der Waals surface area contributed by atoms with Gasteiger partial charge in [-0.1, -0.05) is 5.16 Å². The number of hydrogen-bond acceptors (Lipinski definition) is 7. The summed E-state index contributed by atoms with van der Waals surface area (Å²) in [6.07, 6.45) is 1.86. The first kappa shape index (κ1) is 14.2. The zero-order chi connectivity index (χ0) is 14.8. The van der Waals surface area contributed by atoms with Gasteiger partial charge in [0.1, 0.15) is 0 Å². The highest BCUT2D eigenvalue weighted by Gasteiger charge is 2.21. The highest BCUT2D eigenvalue weighted by Crippen LogP contribution is 2.21. The Morgan fingerprint density at radius 3 is 2.81 bits per heavy atom. The Morgan fingerprint density at radius 2 is 2.14 bits per heavy atom. The van der Waals surface area contributed by atoms with Crippen LogP contribution in [0.4, 0.5) is 0 Å². The molecule has 3 rings (SSSR count). The minimum Gasteiger partial charge on any atom is -0.379 e. The third-order valence-corrected chi connectivity index (χ3v) is 3.58. The molecule has 2 N–H and O–H groups in total. The van der Waals surface area contributed by atoms with E-state index in [1.165, 1.54) is 0 Å². The van der Waals surface area contributed by atoms with Gasteiger partial charge in [-0.25, -0.2) is 0 Å². The molecule has 21 heavy (non-hydrogen) atoms. The van der Waals surface area contributed by atoms with Crippen molar-refractivity contribution in [2.75, 3.05) is 32.8 Å². The van der Waals surface area contributed by atoms with Crippen molar-refractivity contribution in [1.29, 1.82) is 0 Å². The Morgan fingerprint density at radius 1 is 1.38 bits per heavy atom. The molecule has 0 bridgehead atoms. The lowest BCUT2D eigenvalue weighted by atomic mass is 10.2. The highest BCUT2D eigenvalue weighted by atomic mass is 16.5. The molecule has 3 heterocycles. The van der Waals surface area contributed by atoms with Crippen molar-refractivity contribution < 1.29 is 9.26 Å². The number of ether oxygens (including phenoxy) is 1. The maximum absolute atomic E-state index is 6.17. The Kier molecular flexibility index (Phi) is 4.00. The van der Waals surface area contributed by atoms with Crippen LogP contribution in [0.2, 0.25) is 0 Å². The van der Waals surface area contributed by atoms with Crippen LogP contribution in [-0.4, -0.2) is 57.7 Å². The van der Waals surface area contributed by atoms with Gasteiger partial charge in [0, 0.05) is 32.9 Å². The summed E-state index contributed by atoms with van der Waals surface area (Å²) in [7, 11) is 1.86. The van der Waals surface area contributed by atoms with Gasteiger partial charge in [0.2, 0.25) is 0 Å². The molecule has 2 aromatic rings. The molecule has 8 heteroatoms. The minimum atomic E-state index is -0.266. The second-order valence-corrected chi connectivity index (χ2v) is 5.28. The number of aryl methyl sites for hydroxylation is 2. The predicted octanol–water partition coefficient (Wildman–Crippen LogP) is 0.111. The van der Waals surface area contributed by atoms with Gasteiger partial charge >= 0.3 is 0 Å². The summed E-state index contributed by atoms with van der Waals surface area (Å²) in [6.45, 7) is 5.89. The van der Waals surface area contributed by atoms with Gasteiger partial charge in [-0.2, -0.15) is 10.1 Å². The number of nitrogens with two attached hydrogens (primary N) is 1. The van der Waals surface area contributed by atoms with Crippen molar-refractivity contribution in [1.82, 2.24) is 24.8 Å². The zero-order valence-electron chi connectivity index (χ0n) is 12.3. The molecule has 0 spiro atoms. The quantitative estimate of drug-likeness (QED) is 0.854. The number of nitrogens with zero attached hydrogens (tertiary/aromatic N) is 5. The van der Waals surface area contributed by atoms with Gasteiger partial charge in [-0.15, -0.1) is 0 Å². The summed E-state index contributed by atoms with van der Waals surface area (Å²) < 4.78 is 12.4. The van der Waals surface area contributed by atoms with Gasteiger partial charge in [0.05, 0.1) is 30.5 Å². The summed E-state index contributed by atoms with van der Waals surface area (Å²) in [5.74, 6) is 0.993. The van der Waals surface area contributed by atoms with E-state index >= 15 is 0 Å². The largest absolute Gasteiger partial charge is 0.379 e. The van der Waals surface area contributed by atoms with Crippen molar-refractivity contribution in [2.45, 2.75) is 13.0 Å². The van der Waals surface area contributed by atoms with Crippen LogP contribution in [0, 0.1) is 6.92 Å². The van der Waals surface area contributed by atoms with Crippen LogP contribution in [0.25, 0.3) is 11.5 Å². The normalized spacial score (nSPS) is 18.0. The van der Waals surface area contributed by atoms with E-state index in [0.29, 0.717) is 18.3 Å². The van der Waals surface area contributed by atoms with Crippen molar-refractivity contribution >= 4 is 0 Å². The Hall–Kier alpha value is -1.77. The van der Waals surface area contributed by atoms with E-state index in [-0.39, 0.29) is 6.04 Å². The third-order valence-electron chi connectivity index (χ3n) is 3.58. The third kappa shape index (κ3) is 3.12. The van der Waals surface area contributed by atoms with Crippen LogP contribution in [-0.2, 0) is 11.8 Å². The molecular weight excluding hydrogens is 272 g/mol. The number of rotatable bonds is 4. The molecule has 8 nitrogen and oxygen atoms in total. The molecular formula is C13H20N6O2. The fourth-order valence-electron chi connectivity index (χ4n) is 2.45. The number of morpholine rings is 1. The molecule has 0 aliphatic carbocycles. The SMILES string of the molecule is Cc1nn(C)cc1-c1nc(C(N)CN2CCOCC2)no1. The van der Waals surface area contributed by atoms with Crippen molar-refractivity contribution in [3.8, 4) is 11.5 Å². The molecule has 1 aliphatic heterocycles. The smallest absolute Gasteiger partial charge is 0.261 e. The molecule has 114 valence electrons. The van der Waals surface area contributed by atoms with Gasteiger partial charge in [-0.3, -0.25) is 9.58 Å². The van der Waals surface area contributed by atoms with E-state index in [1.54, 1.807) is 4.68 Å². The summed E-state index contributed by atoms with van der Waals surface area (Å²) >= 11 is 0. The molecule has 0 radical (unpaired) electrons. The van der Waals surface area contributed by atoms with Crippen molar-refractivity contribution in [2.24, 2.45) is 12.8 Å². The molecule has 0 aromatic carbocycles. The summed E-state index contributed by atoms with van der Waals surface area (Å²) in [5.41, 5.74) is 7.87. The number of hydrogen-bond donors (Lipinski definition) is 1. The molecule has 1 atom stereocenters. The highest BCUT2D eigenvalue weighted by molar-refractivity contribution is 5.54. The summed E-state index contributed by atoms with van der Waals surface area (Å²) in [5, 5.41) is 8.27. The average Bonchev–Trinajstić information content (AvgIpc) is 3.06. The Labute approximate surface area is 122 Å². The molecule has 0 saturated carbocycles. The average molecular weight is 292 g/mol. The van der Waals surface area contributed by atoms with Crippen LogP contribution in [0.1, 0.15) is 17.6 Å².